The molecule has 0 N–H and O–H groups in total. The lowest BCUT2D eigenvalue weighted by molar-refractivity contribution is 0.814. The monoisotopic (exact) mass is 192 g/mol. The Morgan fingerprint density at radius 3 is 1.60 bits per heavy atom. The van der Waals surface area contributed by atoms with Gasteiger partial charge in [-0.25, -0.2) is 0 Å². The minimum Gasteiger partial charge on any atom is -0.148 e. The number of hydrogen-bond donors (Lipinski definition) is 0. The Balaban J connectivity index is 2.15. The Kier molecular flexibility index (Phi) is 1.06. The molecule has 15 heavy (non-hydrogen) atoms. The Morgan fingerprint density at radius 1 is 0.667 bits per heavy atom. The fraction of sp³-hybridized carbons (Fsp3) is 0.0769. The van der Waals surface area contributed by atoms with E-state index in [0.29, 0.717) is 0 Å². The van der Waals surface area contributed by atoms with Crippen molar-refractivity contribution in [3.63, 3.8) is 0 Å². The summed E-state index contributed by atoms with van der Waals surface area (Å²) in [6.07, 6.45) is 0. The van der Waals surface area contributed by atoms with Crippen molar-refractivity contribution in [3.8, 4) is 11.1 Å². The Labute approximate surface area is 87.3 Å². The van der Waals surface area contributed by atoms with Crippen LogP contribution in [0, 0.1) is 0 Å². The minimum absolute atomic E-state index is 0.340. The molecule has 1 heterocycles. The van der Waals surface area contributed by atoms with E-state index in [1.165, 1.54) is 22.3 Å². The van der Waals surface area contributed by atoms with Gasteiger partial charge in [0.15, 0.2) is 0 Å². The Morgan fingerprint density at radius 2 is 1.13 bits per heavy atom. The number of fused-ring (bicyclic) bond motifs is 5. The number of nitrogens with zero attached hydrogens (tertiary/aromatic N) is 2. The second-order valence-corrected chi connectivity index (χ2v) is 3.96. The summed E-state index contributed by atoms with van der Waals surface area (Å²) in [6, 6.07) is 16.8. The second-order valence-electron chi connectivity index (χ2n) is 3.96. The van der Waals surface area contributed by atoms with Crippen molar-refractivity contribution >= 4 is 0 Å². The average molecular weight is 192 g/mol. The van der Waals surface area contributed by atoms with Crippen LogP contribution in [0.2, 0.25) is 0 Å². The number of rotatable bonds is 0. The van der Waals surface area contributed by atoms with E-state index in [1.54, 1.807) is 0 Å². The molecule has 2 aliphatic rings. The van der Waals surface area contributed by atoms with Gasteiger partial charge in [0, 0.05) is 11.1 Å². The molecule has 0 bridgehead atoms. The van der Waals surface area contributed by atoms with Gasteiger partial charge < -0.3 is 0 Å². The highest BCUT2D eigenvalue weighted by Crippen LogP contribution is 2.56. The van der Waals surface area contributed by atoms with Crippen LogP contribution in [0.15, 0.2) is 58.8 Å². The van der Waals surface area contributed by atoms with Gasteiger partial charge in [0.25, 0.3) is 0 Å². The van der Waals surface area contributed by atoms with Crippen LogP contribution >= 0.6 is 0 Å². The molecule has 0 atom stereocenters. The van der Waals surface area contributed by atoms with Gasteiger partial charge in [0.1, 0.15) is 0 Å². The van der Waals surface area contributed by atoms with Crippen LogP contribution in [-0.2, 0) is 5.66 Å². The maximum Gasteiger partial charge on any atom is 0.242 e. The van der Waals surface area contributed by atoms with Crippen molar-refractivity contribution in [1.82, 2.24) is 0 Å². The highest BCUT2D eigenvalue weighted by molar-refractivity contribution is 5.81. The molecular formula is C13H8N2. The molecule has 0 radical (unpaired) electrons. The summed E-state index contributed by atoms with van der Waals surface area (Å²) in [5.74, 6) is 0. The molecule has 0 saturated carbocycles. The van der Waals surface area contributed by atoms with E-state index in [0.717, 1.165) is 0 Å². The molecule has 2 heteroatoms. The highest BCUT2D eigenvalue weighted by Gasteiger charge is 2.51. The predicted octanol–water partition coefficient (Wildman–Crippen LogP) is 3.33. The molecule has 70 valence electrons. The third kappa shape index (κ3) is 0.721. The number of benzene rings is 2. The Hall–Kier alpha value is -1.96. The van der Waals surface area contributed by atoms with E-state index in [2.05, 4.69) is 58.8 Å². The van der Waals surface area contributed by atoms with E-state index in [4.69, 9.17) is 0 Å². The van der Waals surface area contributed by atoms with Crippen molar-refractivity contribution in [2.75, 3.05) is 0 Å². The lowest BCUT2D eigenvalue weighted by atomic mass is 10.0. The molecule has 2 aromatic carbocycles. The largest absolute Gasteiger partial charge is 0.242 e. The van der Waals surface area contributed by atoms with Crippen LogP contribution in [0.1, 0.15) is 11.1 Å². The van der Waals surface area contributed by atoms with Gasteiger partial charge in [0.2, 0.25) is 5.66 Å². The smallest absolute Gasteiger partial charge is 0.148 e. The molecule has 0 amide bonds. The molecule has 4 rings (SSSR count). The van der Waals surface area contributed by atoms with Crippen molar-refractivity contribution in [2.24, 2.45) is 10.2 Å². The summed E-state index contributed by atoms with van der Waals surface area (Å²) in [5.41, 5.74) is 4.67. The summed E-state index contributed by atoms with van der Waals surface area (Å²) < 4.78 is 0. The standard InChI is InChI=1S/C13H8N2/c1-3-7-11-9(5-1)10-6-2-4-8-12(10)13(11)14-15-13/h1-8H. The van der Waals surface area contributed by atoms with Gasteiger partial charge in [0.05, 0.1) is 0 Å². The second kappa shape index (κ2) is 2.16. The van der Waals surface area contributed by atoms with Gasteiger partial charge in [-0.3, -0.25) is 0 Å². The normalized spacial score (nSPS) is 17.6. The maximum atomic E-state index is 4.24. The third-order valence-corrected chi connectivity index (χ3v) is 3.20. The average Bonchev–Trinajstić information content (AvgIpc) is 3.05. The highest BCUT2D eigenvalue weighted by atomic mass is 15.4. The summed E-state index contributed by atoms with van der Waals surface area (Å²) in [6.45, 7) is 0. The van der Waals surface area contributed by atoms with Crippen molar-refractivity contribution < 1.29 is 0 Å². The summed E-state index contributed by atoms with van der Waals surface area (Å²) in [5, 5.41) is 8.48. The van der Waals surface area contributed by atoms with E-state index in [1.807, 2.05) is 0 Å². The molecule has 2 nitrogen and oxygen atoms in total. The first kappa shape index (κ1) is 7.35. The van der Waals surface area contributed by atoms with E-state index >= 15 is 0 Å². The molecule has 0 unspecified atom stereocenters. The van der Waals surface area contributed by atoms with Crippen LogP contribution in [0.5, 0.6) is 0 Å². The van der Waals surface area contributed by atoms with Gasteiger partial charge in [-0.1, -0.05) is 48.5 Å². The van der Waals surface area contributed by atoms with Crippen LogP contribution in [0.3, 0.4) is 0 Å². The zero-order valence-electron chi connectivity index (χ0n) is 8.01. The van der Waals surface area contributed by atoms with Gasteiger partial charge >= 0.3 is 0 Å². The quantitative estimate of drug-likeness (QED) is 0.611. The lowest BCUT2D eigenvalue weighted by Gasteiger charge is -2.03. The van der Waals surface area contributed by atoms with Crippen LogP contribution in [-0.4, -0.2) is 0 Å². The molecule has 0 fully saturated rings. The van der Waals surface area contributed by atoms with Crippen molar-refractivity contribution in [3.05, 3.63) is 59.7 Å². The fourth-order valence-electron chi connectivity index (χ4n) is 2.45. The predicted molar refractivity (Wildman–Crippen MR) is 57.5 cm³/mol. The zero-order chi connectivity index (χ0) is 9.88. The van der Waals surface area contributed by atoms with Crippen LogP contribution < -0.4 is 0 Å². The van der Waals surface area contributed by atoms with Crippen molar-refractivity contribution in [1.29, 1.82) is 0 Å². The van der Waals surface area contributed by atoms with E-state index in [9.17, 15) is 0 Å². The lowest BCUT2D eigenvalue weighted by Crippen LogP contribution is -2.04. The first-order valence-electron chi connectivity index (χ1n) is 5.05. The maximum absolute atomic E-state index is 4.24. The first-order chi connectivity index (χ1) is 7.42. The topological polar surface area (TPSA) is 24.7 Å². The molecule has 1 aliphatic heterocycles. The molecule has 0 saturated heterocycles. The molecule has 0 aromatic heterocycles. The van der Waals surface area contributed by atoms with Gasteiger partial charge in [-0.05, 0) is 11.1 Å². The fourth-order valence-corrected chi connectivity index (χ4v) is 2.45. The molecule has 2 aromatic rings. The minimum atomic E-state index is -0.340. The van der Waals surface area contributed by atoms with Gasteiger partial charge in [-0.15, -0.1) is 10.2 Å². The Bertz CT molecular complexity index is 545. The zero-order valence-corrected chi connectivity index (χ0v) is 8.01. The molecule has 1 aliphatic carbocycles. The summed E-state index contributed by atoms with van der Waals surface area (Å²) >= 11 is 0. The van der Waals surface area contributed by atoms with Crippen LogP contribution in [0.4, 0.5) is 0 Å². The van der Waals surface area contributed by atoms with Crippen molar-refractivity contribution in [2.45, 2.75) is 5.66 Å². The first-order valence-corrected chi connectivity index (χ1v) is 5.05. The summed E-state index contributed by atoms with van der Waals surface area (Å²) in [7, 11) is 0. The SMILES string of the molecule is c1ccc2c(c1)-c1ccccc1C21N=N1. The third-order valence-electron chi connectivity index (χ3n) is 3.20. The van der Waals surface area contributed by atoms with E-state index < -0.39 is 0 Å². The van der Waals surface area contributed by atoms with Gasteiger partial charge in [-0.2, -0.15) is 0 Å². The summed E-state index contributed by atoms with van der Waals surface area (Å²) in [4.78, 5) is 0. The molecular weight excluding hydrogens is 184 g/mol. The number of hydrogen-bond acceptors (Lipinski definition) is 2. The molecule has 1 spiro atoms. The van der Waals surface area contributed by atoms with E-state index in [-0.39, 0.29) is 5.66 Å². The van der Waals surface area contributed by atoms with Crippen LogP contribution in [0.25, 0.3) is 11.1 Å².